The van der Waals surface area contributed by atoms with E-state index in [4.69, 9.17) is 5.11 Å². The largest absolute Gasteiger partial charge is 0.481 e. The molecule has 0 heterocycles. The average molecular weight is 188 g/mol. The maximum atomic E-state index is 10.7. The summed E-state index contributed by atoms with van der Waals surface area (Å²) in [4.78, 5) is 20.9. The standard InChI is InChI=1S/C8H16N2O3/c1-6(3-4-7(11)12)5-10-8(13)9-2/h6H,3-5H2,1-2H3,(H,11,12)(H2,9,10,13). The third kappa shape index (κ3) is 7.11. The van der Waals surface area contributed by atoms with E-state index in [0.29, 0.717) is 13.0 Å². The van der Waals surface area contributed by atoms with Crippen LogP contribution in [0.25, 0.3) is 0 Å². The molecule has 0 bridgehead atoms. The molecule has 0 aliphatic carbocycles. The molecule has 0 saturated carbocycles. The van der Waals surface area contributed by atoms with Crippen LogP contribution >= 0.6 is 0 Å². The number of carboxylic acid groups (broad SMARTS) is 1. The maximum Gasteiger partial charge on any atom is 0.314 e. The van der Waals surface area contributed by atoms with Crippen LogP contribution in [-0.2, 0) is 4.79 Å². The second kappa shape index (κ2) is 6.28. The first-order valence-corrected chi connectivity index (χ1v) is 4.23. The number of nitrogens with one attached hydrogen (secondary N) is 2. The van der Waals surface area contributed by atoms with E-state index in [9.17, 15) is 9.59 Å². The van der Waals surface area contributed by atoms with Crippen LogP contribution in [0, 0.1) is 5.92 Å². The Kier molecular flexibility index (Phi) is 5.67. The first-order valence-electron chi connectivity index (χ1n) is 4.23. The Morgan fingerprint density at radius 2 is 2.08 bits per heavy atom. The molecule has 0 rings (SSSR count). The van der Waals surface area contributed by atoms with E-state index in [0.717, 1.165) is 0 Å². The zero-order valence-corrected chi connectivity index (χ0v) is 7.96. The van der Waals surface area contributed by atoms with E-state index in [1.54, 1.807) is 0 Å². The maximum absolute atomic E-state index is 10.7. The first kappa shape index (κ1) is 11.7. The molecule has 0 spiro atoms. The van der Waals surface area contributed by atoms with Gasteiger partial charge in [0, 0.05) is 20.0 Å². The molecule has 0 saturated heterocycles. The number of hydrogen-bond acceptors (Lipinski definition) is 2. The van der Waals surface area contributed by atoms with Crippen LogP contribution < -0.4 is 10.6 Å². The number of urea groups is 1. The van der Waals surface area contributed by atoms with Crippen molar-refractivity contribution in [3.63, 3.8) is 0 Å². The molecule has 0 fully saturated rings. The van der Waals surface area contributed by atoms with E-state index in [1.165, 1.54) is 7.05 Å². The number of carbonyl (C=O) groups excluding carboxylic acids is 1. The monoisotopic (exact) mass is 188 g/mol. The number of aliphatic carboxylic acids is 1. The summed E-state index contributed by atoms with van der Waals surface area (Å²) in [5, 5.41) is 13.4. The Morgan fingerprint density at radius 3 is 2.54 bits per heavy atom. The summed E-state index contributed by atoms with van der Waals surface area (Å²) >= 11 is 0. The van der Waals surface area contributed by atoms with E-state index in [1.807, 2.05) is 6.92 Å². The zero-order valence-electron chi connectivity index (χ0n) is 7.96. The van der Waals surface area contributed by atoms with Gasteiger partial charge in [-0.2, -0.15) is 0 Å². The van der Waals surface area contributed by atoms with Gasteiger partial charge in [0.15, 0.2) is 0 Å². The second-order valence-corrected chi connectivity index (χ2v) is 3.00. The highest BCUT2D eigenvalue weighted by molar-refractivity contribution is 5.73. The summed E-state index contributed by atoms with van der Waals surface area (Å²) < 4.78 is 0. The molecule has 0 radical (unpaired) electrons. The number of carbonyl (C=O) groups is 2. The number of carboxylic acids is 1. The lowest BCUT2D eigenvalue weighted by atomic mass is 10.1. The quantitative estimate of drug-likeness (QED) is 0.585. The van der Waals surface area contributed by atoms with Crippen LogP contribution in [0.3, 0.4) is 0 Å². The SMILES string of the molecule is CNC(=O)NCC(C)CCC(=O)O. The lowest BCUT2D eigenvalue weighted by Gasteiger charge is -2.10. The lowest BCUT2D eigenvalue weighted by molar-refractivity contribution is -0.137. The average Bonchev–Trinajstić information content (AvgIpc) is 2.10. The van der Waals surface area contributed by atoms with Crippen LogP contribution in [0.15, 0.2) is 0 Å². The van der Waals surface area contributed by atoms with Crippen LogP contribution in [0.4, 0.5) is 4.79 Å². The second-order valence-electron chi connectivity index (χ2n) is 3.00. The predicted molar refractivity (Wildman–Crippen MR) is 48.5 cm³/mol. The molecule has 5 nitrogen and oxygen atoms in total. The molecule has 2 amide bonds. The van der Waals surface area contributed by atoms with Gasteiger partial charge in [0.2, 0.25) is 0 Å². The normalized spacial score (nSPS) is 11.8. The smallest absolute Gasteiger partial charge is 0.314 e. The fourth-order valence-corrected chi connectivity index (χ4v) is 0.827. The first-order chi connectivity index (χ1) is 6.06. The van der Waals surface area contributed by atoms with E-state index in [-0.39, 0.29) is 18.4 Å². The molecule has 0 aliphatic heterocycles. The van der Waals surface area contributed by atoms with Crippen LogP contribution in [0.5, 0.6) is 0 Å². The Labute approximate surface area is 77.5 Å². The predicted octanol–water partition coefficient (Wildman–Crippen LogP) is 0.416. The van der Waals surface area contributed by atoms with Crippen molar-refractivity contribution in [2.24, 2.45) is 5.92 Å². The molecule has 0 aliphatic rings. The minimum Gasteiger partial charge on any atom is -0.481 e. The van der Waals surface area contributed by atoms with Gasteiger partial charge in [0.1, 0.15) is 0 Å². The van der Waals surface area contributed by atoms with Crippen molar-refractivity contribution in [1.82, 2.24) is 10.6 Å². The molecule has 1 unspecified atom stereocenters. The van der Waals surface area contributed by atoms with Gasteiger partial charge < -0.3 is 15.7 Å². The van der Waals surface area contributed by atoms with Crippen molar-refractivity contribution in [2.75, 3.05) is 13.6 Å². The van der Waals surface area contributed by atoms with Crippen molar-refractivity contribution in [3.8, 4) is 0 Å². The Bertz CT molecular complexity index is 182. The van der Waals surface area contributed by atoms with Crippen molar-refractivity contribution in [1.29, 1.82) is 0 Å². The molecule has 76 valence electrons. The van der Waals surface area contributed by atoms with Crippen LogP contribution in [0.1, 0.15) is 19.8 Å². The Morgan fingerprint density at radius 1 is 1.46 bits per heavy atom. The molecular weight excluding hydrogens is 172 g/mol. The molecule has 0 aromatic heterocycles. The fraction of sp³-hybridized carbons (Fsp3) is 0.750. The molecule has 0 aromatic carbocycles. The van der Waals surface area contributed by atoms with E-state index < -0.39 is 5.97 Å². The van der Waals surface area contributed by atoms with Gasteiger partial charge in [0.25, 0.3) is 0 Å². The van der Waals surface area contributed by atoms with Crippen molar-refractivity contribution in [3.05, 3.63) is 0 Å². The summed E-state index contributed by atoms with van der Waals surface area (Å²) in [6, 6.07) is -0.234. The minimum atomic E-state index is -0.799. The third-order valence-corrected chi connectivity index (χ3v) is 1.69. The van der Waals surface area contributed by atoms with E-state index in [2.05, 4.69) is 10.6 Å². The van der Waals surface area contributed by atoms with Crippen LogP contribution in [-0.4, -0.2) is 30.7 Å². The van der Waals surface area contributed by atoms with Gasteiger partial charge in [-0.15, -0.1) is 0 Å². The fourth-order valence-electron chi connectivity index (χ4n) is 0.827. The van der Waals surface area contributed by atoms with Crippen LogP contribution in [0.2, 0.25) is 0 Å². The minimum absolute atomic E-state index is 0.149. The zero-order chi connectivity index (χ0) is 10.3. The molecule has 13 heavy (non-hydrogen) atoms. The van der Waals surface area contributed by atoms with Crippen molar-refractivity contribution >= 4 is 12.0 Å². The molecule has 3 N–H and O–H groups in total. The summed E-state index contributed by atoms with van der Waals surface area (Å²) in [7, 11) is 1.54. The number of rotatable bonds is 5. The summed E-state index contributed by atoms with van der Waals surface area (Å²) in [5.41, 5.74) is 0. The number of amides is 2. The van der Waals surface area contributed by atoms with Gasteiger partial charge in [-0.1, -0.05) is 6.92 Å². The lowest BCUT2D eigenvalue weighted by Crippen LogP contribution is -2.35. The molecule has 0 aromatic rings. The van der Waals surface area contributed by atoms with E-state index >= 15 is 0 Å². The Balaban J connectivity index is 3.45. The van der Waals surface area contributed by atoms with Gasteiger partial charge in [0.05, 0.1) is 0 Å². The highest BCUT2D eigenvalue weighted by atomic mass is 16.4. The number of hydrogen-bond donors (Lipinski definition) is 3. The van der Waals surface area contributed by atoms with Crippen molar-refractivity contribution < 1.29 is 14.7 Å². The summed E-state index contributed by atoms with van der Waals surface area (Å²) in [6.45, 7) is 2.41. The molecule has 5 heteroatoms. The molecular formula is C8H16N2O3. The highest BCUT2D eigenvalue weighted by Crippen LogP contribution is 2.03. The van der Waals surface area contributed by atoms with Gasteiger partial charge >= 0.3 is 12.0 Å². The third-order valence-electron chi connectivity index (χ3n) is 1.69. The summed E-state index contributed by atoms with van der Waals surface area (Å²) in [5.74, 6) is -0.611. The Hall–Kier alpha value is -1.26. The van der Waals surface area contributed by atoms with Gasteiger partial charge in [-0.25, -0.2) is 4.79 Å². The van der Waals surface area contributed by atoms with Gasteiger partial charge in [-0.05, 0) is 12.3 Å². The summed E-state index contributed by atoms with van der Waals surface area (Å²) in [6.07, 6.45) is 0.732. The topological polar surface area (TPSA) is 78.4 Å². The molecule has 1 atom stereocenters. The highest BCUT2D eigenvalue weighted by Gasteiger charge is 2.06. The van der Waals surface area contributed by atoms with Crippen molar-refractivity contribution in [2.45, 2.75) is 19.8 Å². The van der Waals surface area contributed by atoms with Gasteiger partial charge in [-0.3, -0.25) is 4.79 Å².